The molecule has 1 N–H and O–H groups in total. The number of benzene rings is 1. The second-order valence-corrected chi connectivity index (χ2v) is 9.55. The van der Waals surface area contributed by atoms with Gasteiger partial charge >= 0.3 is 0 Å². The van der Waals surface area contributed by atoms with Crippen molar-refractivity contribution in [2.45, 2.75) is 33.6 Å². The number of hydrogen-bond donors (Lipinski definition) is 1. The van der Waals surface area contributed by atoms with Gasteiger partial charge in [0.25, 0.3) is 5.91 Å². The molecule has 29 heavy (non-hydrogen) atoms. The highest BCUT2D eigenvalue weighted by Crippen LogP contribution is 2.30. The van der Waals surface area contributed by atoms with Crippen molar-refractivity contribution in [2.24, 2.45) is 5.92 Å². The molecule has 0 radical (unpaired) electrons. The van der Waals surface area contributed by atoms with Crippen LogP contribution in [0.25, 0.3) is 10.6 Å². The minimum absolute atomic E-state index is 0.0195. The van der Waals surface area contributed by atoms with E-state index in [9.17, 15) is 4.79 Å². The molecule has 1 aromatic heterocycles. The number of nitrogens with zero attached hydrogens (tertiary/aromatic N) is 3. The summed E-state index contributed by atoms with van der Waals surface area (Å²) >= 11 is 1.50. The average molecular weight is 415 g/mol. The van der Waals surface area contributed by atoms with Crippen LogP contribution in [0.4, 0.5) is 0 Å². The lowest BCUT2D eigenvalue weighted by Gasteiger charge is -2.32. The third-order valence-electron chi connectivity index (χ3n) is 5.74. The molecule has 3 rings (SSSR count). The summed E-state index contributed by atoms with van der Waals surface area (Å²) < 4.78 is 0. The molecule has 0 unspecified atom stereocenters. The average Bonchev–Trinajstić information content (AvgIpc) is 3.06. The quantitative estimate of drug-likeness (QED) is 0.750. The number of hydrogen-bond acceptors (Lipinski definition) is 5. The Labute approximate surface area is 179 Å². The Hall–Kier alpha value is -1.76. The summed E-state index contributed by atoms with van der Waals surface area (Å²) in [5.41, 5.74) is 4.38. The minimum Gasteiger partial charge on any atom is -0.351 e. The number of amides is 1. The highest BCUT2D eigenvalue weighted by atomic mass is 32.1. The number of likely N-dealkylation sites (tertiary alicyclic amines) is 1. The molecule has 1 amide bonds. The number of carbonyl (C=O) groups excluding carboxylic acids is 1. The third kappa shape index (κ3) is 5.87. The van der Waals surface area contributed by atoms with Crippen molar-refractivity contribution in [3.8, 4) is 10.6 Å². The number of nitrogens with one attached hydrogen (secondary N) is 1. The summed E-state index contributed by atoms with van der Waals surface area (Å²) in [4.78, 5) is 23.0. The topological polar surface area (TPSA) is 48.5 Å². The van der Waals surface area contributed by atoms with Gasteiger partial charge in [-0.1, -0.05) is 23.8 Å². The van der Waals surface area contributed by atoms with Crippen molar-refractivity contribution in [1.29, 1.82) is 0 Å². The van der Waals surface area contributed by atoms with E-state index in [1.165, 1.54) is 22.5 Å². The van der Waals surface area contributed by atoms with E-state index in [4.69, 9.17) is 0 Å². The van der Waals surface area contributed by atoms with Crippen LogP contribution < -0.4 is 5.32 Å². The predicted octanol–water partition coefficient (Wildman–Crippen LogP) is 3.74. The molecule has 1 aliphatic heterocycles. The van der Waals surface area contributed by atoms with Crippen molar-refractivity contribution in [2.75, 3.05) is 46.8 Å². The number of thiazole rings is 1. The fraction of sp³-hybridized carbons (Fsp3) is 0.565. The number of piperidine rings is 1. The fourth-order valence-corrected chi connectivity index (χ4v) is 4.92. The molecule has 6 heteroatoms. The summed E-state index contributed by atoms with van der Waals surface area (Å²) in [6.07, 6.45) is 2.31. The van der Waals surface area contributed by atoms with Gasteiger partial charge in [-0.25, -0.2) is 4.98 Å². The van der Waals surface area contributed by atoms with Gasteiger partial charge in [0.05, 0.1) is 5.69 Å². The van der Waals surface area contributed by atoms with Crippen LogP contribution in [0.15, 0.2) is 18.2 Å². The second-order valence-electron chi connectivity index (χ2n) is 8.55. The maximum absolute atomic E-state index is 12.8. The SMILES string of the molecule is Cc1ccc(-c2nc(C)c(C(=O)NCC3CCN(CCN(C)C)CC3)s2)c(C)c1. The van der Waals surface area contributed by atoms with Gasteiger partial charge in [-0.15, -0.1) is 11.3 Å². The summed E-state index contributed by atoms with van der Waals surface area (Å²) in [7, 11) is 4.24. The van der Waals surface area contributed by atoms with E-state index < -0.39 is 0 Å². The molecule has 2 heterocycles. The van der Waals surface area contributed by atoms with Crippen molar-refractivity contribution >= 4 is 17.2 Å². The Morgan fingerprint density at radius 2 is 1.97 bits per heavy atom. The third-order valence-corrected chi connectivity index (χ3v) is 6.93. The molecular weight excluding hydrogens is 380 g/mol. The normalized spacial score (nSPS) is 15.8. The van der Waals surface area contributed by atoms with E-state index in [1.807, 2.05) is 6.92 Å². The lowest BCUT2D eigenvalue weighted by atomic mass is 9.97. The van der Waals surface area contributed by atoms with E-state index in [-0.39, 0.29) is 5.91 Å². The van der Waals surface area contributed by atoms with Gasteiger partial charge < -0.3 is 15.1 Å². The van der Waals surface area contributed by atoms with E-state index in [0.29, 0.717) is 5.92 Å². The Bertz CT molecular complexity index is 837. The molecule has 2 aromatic rings. The van der Waals surface area contributed by atoms with E-state index in [0.717, 1.165) is 66.7 Å². The molecule has 1 aliphatic rings. The standard InChI is InChI=1S/C23H34N4OS/c1-16-6-7-20(17(2)14-16)23-25-18(3)21(29-23)22(28)24-15-19-8-10-27(11-9-19)13-12-26(4)5/h6-7,14,19H,8-13,15H2,1-5H3,(H,24,28). The van der Waals surface area contributed by atoms with Crippen LogP contribution in [0.2, 0.25) is 0 Å². The second kappa shape index (κ2) is 9.83. The molecule has 1 aromatic carbocycles. The van der Waals surface area contributed by atoms with Crippen LogP contribution in [0, 0.1) is 26.7 Å². The van der Waals surface area contributed by atoms with Gasteiger partial charge in [-0.2, -0.15) is 0 Å². The van der Waals surface area contributed by atoms with E-state index in [2.05, 4.69) is 66.2 Å². The monoisotopic (exact) mass is 414 g/mol. The predicted molar refractivity (Wildman–Crippen MR) is 122 cm³/mol. The van der Waals surface area contributed by atoms with Crippen LogP contribution in [0.1, 0.15) is 39.3 Å². The molecule has 158 valence electrons. The molecule has 0 atom stereocenters. The molecule has 0 saturated carbocycles. The van der Waals surface area contributed by atoms with Gasteiger partial charge in [0, 0.05) is 25.2 Å². The summed E-state index contributed by atoms with van der Waals surface area (Å²) in [6, 6.07) is 6.37. The van der Waals surface area contributed by atoms with E-state index in [1.54, 1.807) is 0 Å². The van der Waals surface area contributed by atoms with Gasteiger partial charge in [0.15, 0.2) is 0 Å². The Balaban J connectivity index is 1.53. The number of rotatable bonds is 7. The largest absolute Gasteiger partial charge is 0.351 e. The molecule has 1 saturated heterocycles. The summed E-state index contributed by atoms with van der Waals surface area (Å²) in [6.45, 7) is 11.4. The molecule has 0 bridgehead atoms. The van der Waals surface area contributed by atoms with Crippen molar-refractivity contribution in [1.82, 2.24) is 20.1 Å². The van der Waals surface area contributed by atoms with Gasteiger partial charge in [0.1, 0.15) is 9.88 Å². The van der Waals surface area contributed by atoms with Crippen molar-refractivity contribution in [3.63, 3.8) is 0 Å². The highest BCUT2D eigenvalue weighted by Gasteiger charge is 2.21. The molecule has 1 fully saturated rings. The lowest BCUT2D eigenvalue weighted by Crippen LogP contribution is -2.41. The van der Waals surface area contributed by atoms with Gasteiger partial charge in [-0.3, -0.25) is 4.79 Å². The summed E-state index contributed by atoms with van der Waals surface area (Å²) in [5.74, 6) is 0.590. The van der Waals surface area contributed by atoms with Crippen LogP contribution in [0.3, 0.4) is 0 Å². The number of likely N-dealkylation sites (N-methyl/N-ethyl adjacent to an activating group) is 1. The first-order valence-electron chi connectivity index (χ1n) is 10.5. The molecule has 0 aliphatic carbocycles. The highest BCUT2D eigenvalue weighted by molar-refractivity contribution is 7.17. The summed E-state index contributed by atoms with van der Waals surface area (Å²) in [5, 5.41) is 4.10. The van der Waals surface area contributed by atoms with Crippen LogP contribution in [0.5, 0.6) is 0 Å². The van der Waals surface area contributed by atoms with Gasteiger partial charge in [0.2, 0.25) is 0 Å². The zero-order valence-corrected chi connectivity index (χ0v) is 19.2. The molecule has 5 nitrogen and oxygen atoms in total. The van der Waals surface area contributed by atoms with Crippen LogP contribution in [-0.2, 0) is 0 Å². The Morgan fingerprint density at radius 1 is 1.24 bits per heavy atom. The Morgan fingerprint density at radius 3 is 2.62 bits per heavy atom. The minimum atomic E-state index is 0.0195. The lowest BCUT2D eigenvalue weighted by molar-refractivity contribution is 0.0938. The number of aryl methyl sites for hydroxylation is 3. The fourth-order valence-electron chi connectivity index (χ4n) is 3.85. The van der Waals surface area contributed by atoms with Crippen molar-refractivity contribution < 1.29 is 4.79 Å². The van der Waals surface area contributed by atoms with Crippen LogP contribution in [-0.4, -0.2) is 67.5 Å². The Kier molecular flexibility index (Phi) is 7.44. The molecule has 0 spiro atoms. The number of aromatic nitrogens is 1. The number of carbonyl (C=O) groups is 1. The van der Waals surface area contributed by atoms with Gasteiger partial charge in [-0.05, 0) is 72.3 Å². The molecular formula is C23H34N4OS. The first-order valence-corrected chi connectivity index (χ1v) is 11.4. The zero-order valence-electron chi connectivity index (χ0n) is 18.4. The maximum Gasteiger partial charge on any atom is 0.263 e. The zero-order chi connectivity index (χ0) is 21.0. The first kappa shape index (κ1) is 21.9. The first-order chi connectivity index (χ1) is 13.8. The maximum atomic E-state index is 12.8. The van der Waals surface area contributed by atoms with Crippen molar-refractivity contribution in [3.05, 3.63) is 39.9 Å². The van der Waals surface area contributed by atoms with Crippen LogP contribution >= 0.6 is 11.3 Å². The smallest absolute Gasteiger partial charge is 0.263 e. The van der Waals surface area contributed by atoms with E-state index >= 15 is 0 Å².